The van der Waals surface area contributed by atoms with Crippen molar-refractivity contribution in [3.8, 4) is 5.75 Å². The largest absolute Gasteiger partial charge is 0.493 e. The molecule has 0 spiro atoms. The van der Waals surface area contributed by atoms with Crippen LogP contribution in [0.25, 0.3) is 5.65 Å². The Balaban J connectivity index is 2.64. The first kappa shape index (κ1) is 9.98. The highest BCUT2D eigenvalue weighted by atomic mass is 16.5. The van der Waals surface area contributed by atoms with Crippen LogP contribution in [0.3, 0.4) is 0 Å². The Morgan fingerprint density at radius 3 is 2.87 bits per heavy atom. The van der Waals surface area contributed by atoms with Crippen LogP contribution in [0.5, 0.6) is 5.75 Å². The molecular formula is C11H14N2O2. The van der Waals surface area contributed by atoms with Crippen molar-refractivity contribution in [1.82, 2.24) is 9.38 Å². The van der Waals surface area contributed by atoms with Gasteiger partial charge in [-0.3, -0.25) is 0 Å². The normalized spacial score (nSPS) is 10.9. The van der Waals surface area contributed by atoms with Crippen LogP contribution in [0.2, 0.25) is 0 Å². The molecule has 2 heterocycles. The van der Waals surface area contributed by atoms with Crippen molar-refractivity contribution in [2.45, 2.75) is 13.5 Å². The number of imidazole rings is 1. The van der Waals surface area contributed by atoms with Gasteiger partial charge in [0, 0.05) is 19.0 Å². The van der Waals surface area contributed by atoms with Gasteiger partial charge < -0.3 is 13.9 Å². The average molecular weight is 206 g/mol. The number of aryl methyl sites for hydroxylation is 1. The van der Waals surface area contributed by atoms with Gasteiger partial charge in [0.2, 0.25) is 0 Å². The van der Waals surface area contributed by atoms with Gasteiger partial charge in [0.05, 0.1) is 19.4 Å². The molecule has 0 atom stereocenters. The van der Waals surface area contributed by atoms with Gasteiger partial charge in [0.25, 0.3) is 0 Å². The third kappa shape index (κ3) is 1.57. The lowest BCUT2D eigenvalue weighted by molar-refractivity contribution is 0.181. The maximum Gasteiger partial charge on any atom is 0.180 e. The first-order chi connectivity index (χ1) is 7.27. The summed E-state index contributed by atoms with van der Waals surface area (Å²) in [5.41, 5.74) is 2.87. The molecule has 4 heteroatoms. The molecule has 0 aliphatic carbocycles. The minimum atomic E-state index is 0.524. The minimum absolute atomic E-state index is 0.524. The van der Waals surface area contributed by atoms with Gasteiger partial charge in [-0.05, 0) is 19.1 Å². The lowest BCUT2D eigenvalue weighted by Crippen LogP contribution is -1.92. The van der Waals surface area contributed by atoms with E-state index in [1.807, 2.05) is 29.7 Å². The zero-order valence-corrected chi connectivity index (χ0v) is 9.15. The van der Waals surface area contributed by atoms with E-state index in [4.69, 9.17) is 9.47 Å². The van der Waals surface area contributed by atoms with E-state index in [9.17, 15) is 0 Å². The first-order valence-corrected chi connectivity index (χ1v) is 4.77. The zero-order chi connectivity index (χ0) is 10.8. The molecule has 2 aromatic rings. The van der Waals surface area contributed by atoms with Gasteiger partial charge >= 0.3 is 0 Å². The van der Waals surface area contributed by atoms with E-state index in [0.717, 1.165) is 22.8 Å². The van der Waals surface area contributed by atoms with Gasteiger partial charge in [-0.15, -0.1) is 0 Å². The summed E-state index contributed by atoms with van der Waals surface area (Å²) in [6.45, 7) is 2.55. The monoisotopic (exact) mass is 206 g/mol. The topological polar surface area (TPSA) is 35.8 Å². The van der Waals surface area contributed by atoms with E-state index in [1.54, 1.807) is 14.2 Å². The van der Waals surface area contributed by atoms with Crippen molar-refractivity contribution in [2.24, 2.45) is 0 Å². The Hall–Kier alpha value is -1.55. The molecule has 0 amide bonds. The van der Waals surface area contributed by atoms with E-state index in [-0.39, 0.29) is 0 Å². The minimum Gasteiger partial charge on any atom is -0.493 e. The van der Waals surface area contributed by atoms with Gasteiger partial charge in [0.15, 0.2) is 11.4 Å². The smallest absolute Gasteiger partial charge is 0.180 e. The Morgan fingerprint density at radius 1 is 1.40 bits per heavy atom. The molecule has 0 bridgehead atoms. The fourth-order valence-electron chi connectivity index (χ4n) is 1.64. The number of rotatable bonds is 3. The number of ether oxygens (including phenoxy) is 2. The molecule has 0 aromatic carbocycles. The van der Waals surface area contributed by atoms with Crippen LogP contribution in [0, 0.1) is 6.92 Å². The predicted molar refractivity (Wildman–Crippen MR) is 57.2 cm³/mol. The van der Waals surface area contributed by atoms with Crippen molar-refractivity contribution in [3.63, 3.8) is 0 Å². The summed E-state index contributed by atoms with van der Waals surface area (Å²) in [5, 5.41) is 0. The molecule has 0 radical (unpaired) electrons. The summed E-state index contributed by atoms with van der Waals surface area (Å²) in [7, 11) is 3.32. The molecule has 0 N–H and O–H groups in total. The second kappa shape index (κ2) is 3.90. The molecule has 0 unspecified atom stereocenters. The molecule has 4 nitrogen and oxygen atoms in total. The second-order valence-corrected chi connectivity index (χ2v) is 3.35. The van der Waals surface area contributed by atoms with Gasteiger partial charge in [0.1, 0.15) is 0 Å². The highest BCUT2D eigenvalue weighted by molar-refractivity contribution is 5.55. The zero-order valence-electron chi connectivity index (χ0n) is 9.15. The summed E-state index contributed by atoms with van der Waals surface area (Å²) in [6, 6.07) is 3.84. The van der Waals surface area contributed by atoms with Crippen LogP contribution in [0.15, 0.2) is 18.3 Å². The quantitative estimate of drug-likeness (QED) is 0.768. The Morgan fingerprint density at radius 2 is 2.20 bits per heavy atom. The van der Waals surface area contributed by atoms with Crippen LogP contribution in [-0.4, -0.2) is 23.6 Å². The Bertz CT molecular complexity index is 477. The lowest BCUT2D eigenvalue weighted by Gasteiger charge is -2.01. The molecule has 2 aromatic heterocycles. The Kier molecular flexibility index (Phi) is 2.60. The number of pyridine rings is 1. The SMILES string of the molecule is COCc1nc2c(OC)cccn2c1C. The number of fused-ring (bicyclic) bond motifs is 1. The highest BCUT2D eigenvalue weighted by Gasteiger charge is 2.10. The third-order valence-corrected chi connectivity index (χ3v) is 2.45. The predicted octanol–water partition coefficient (Wildman–Crippen LogP) is 1.80. The van der Waals surface area contributed by atoms with Crippen LogP contribution in [0.1, 0.15) is 11.4 Å². The molecule has 0 fully saturated rings. The Labute approximate surface area is 88.5 Å². The number of methoxy groups -OCH3 is 2. The maximum atomic E-state index is 5.25. The third-order valence-electron chi connectivity index (χ3n) is 2.45. The van der Waals surface area contributed by atoms with Crippen molar-refractivity contribution in [2.75, 3.05) is 14.2 Å². The molecule has 0 saturated carbocycles. The first-order valence-electron chi connectivity index (χ1n) is 4.77. The van der Waals surface area contributed by atoms with Crippen molar-refractivity contribution in [3.05, 3.63) is 29.7 Å². The van der Waals surface area contributed by atoms with Crippen molar-refractivity contribution >= 4 is 5.65 Å². The summed E-state index contributed by atoms with van der Waals surface area (Å²) >= 11 is 0. The number of nitrogens with zero attached hydrogens (tertiary/aromatic N) is 2. The standard InChI is InChI=1S/C11H14N2O2/c1-8-9(7-14-2)12-11-10(15-3)5-4-6-13(8)11/h4-6H,7H2,1-3H3. The summed E-state index contributed by atoms with van der Waals surface area (Å²) in [5.74, 6) is 0.781. The van der Waals surface area contributed by atoms with Crippen LogP contribution in [-0.2, 0) is 11.3 Å². The number of aromatic nitrogens is 2. The van der Waals surface area contributed by atoms with Gasteiger partial charge in [-0.1, -0.05) is 0 Å². The highest BCUT2D eigenvalue weighted by Crippen LogP contribution is 2.21. The average Bonchev–Trinajstić information content (AvgIpc) is 2.57. The molecule has 0 aliphatic rings. The summed E-state index contributed by atoms with van der Waals surface area (Å²) in [6.07, 6.45) is 1.97. The summed E-state index contributed by atoms with van der Waals surface area (Å²) in [4.78, 5) is 4.49. The van der Waals surface area contributed by atoms with Crippen LogP contribution >= 0.6 is 0 Å². The van der Waals surface area contributed by atoms with E-state index >= 15 is 0 Å². The number of hydrogen-bond donors (Lipinski definition) is 0. The molecule has 80 valence electrons. The molecule has 2 rings (SSSR count). The second-order valence-electron chi connectivity index (χ2n) is 3.35. The van der Waals surface area contributed by atoms with Crippen molar-refractivity contribution in [1.29, 1.82) is 0 Å². The maximum absolute atomic E-state index is 5.25. The summed E-state index contributed by atoms with van der Waals surface area (Å²) < 4.78 is 12.4. The number of hydrogen-bond acceptors (Lipinski definition) is 3. The lowest BCUT2D eigenvalue weighted by atomic mass is 10.3. The van der Waals surface area contributed by atoms with Gasteiger partial charge in [-0.2, -0.15) is 0 Å². The van der Waals surface area contributed by atoms with Crippen LogP contribution in [0.4, 0.5) is 0 Å². The van der Waals surface area contributed by atoms with Crippen molar-refractivity contribution < 1.29 is 9.47 Å². The van der Waals surface area contributed by atoms with E-state index < -0.39 is 0 Å². The molecule has 0 aliphatic heterocycles. The molecule has 15 heavy (non-hydrogen) atoms. The van der Waals surface area contributed by atoms with E-state index in [1.165, 1.54) is 0 Å². The van der Waals surface area contributed by atoms with Crippen LogP contribution < -0.4 is 4.74 Å². The molecular weight excluding hydrogens is 192 g/mol. The molecule has 0 saturated heterocycles. The van der Waals surface area contributed by atoms with E-state index in [0.29, 0.717) is 6.61 Å². The fourth-order valence-corrected chi connectivity index (χ4v) is 1.64. The van der Waals surface area contributed by atoms with Gasteiger partial charge in [-0.25, -0.2) is 4.98 Å². The van der Waals surface area contributed by atoms with E-state index in [2.05, 4.69) is 4.98 Å². The fraction of sp³-hybridized carbons (Fsp3) is 0.364.